The Morgan fingerprint density at radius 3 is 2.73 bits per heavy atom. The molecule has 7 nitrogen and oxygen atoms in total. The molecule has 1 aromatic carbocycles. The number of anilines is 1. The predicted molar refractivity (Wildman–Crippen MR) is 99.3 cm³/mol. The fourth-order valence-corrected chi connectivity index (χ4v) is 2.25. The number of nitriles is 1. The number of nitrogens with zero attached hydrogens (tertiary/aromatic N) is 2. The second-order valence-electron chi connectivity index (χ2n) is 5.27. The third-order valence-corrected chi connectivity index (χ3v) is 3.53. The number of rotatable bonds is 10. The number of oxazole rings is 1. The van der Waals surface area contributed by atoms with E-state index in [0.29, 0.717) is 43.0 Å². The van der Waals surface area contributed by atoms with Gasteiger partial charge in [0.15, 0.2) is 11.5 Å². The van der Waals surface area contributed by atoms with Crippen molar-refractivity contribution in [3.8, 4) is 17.6 Å². The van der Waals surface area contributed by atoms with Crippen molar-refractivity contribution in [2.45, 2.75) is 13.3 Å². The molecule has 2 rings (SSSR count). The molecule has 7 heteroatoms. The fourth-order valence-electron chi connectivity index (χ4n) is 2.25. The zero-order valence-corrected chi connectivity index (χ0v) is 15.2. The Balaban J connectivity index is 2.05. The molecule has 1 heterocycles. The van der Waals surface area contributed by atoms with E-state index >= 15 is 0 Å². The highest BCUT2D eigenvalue weighted by atomic mass is 16.5. The number of hydrogen-bond donors (Lipinski definition) is 1. The average Bonchev–Trinajstić information content (AvgIpc) is 3.08. The van der Waals surface area contributed by atoms with Crippen LogP contribution in [0.2, 0.25) is 0 Å². The van der Waals surface area contributed by atoms with Crippen molar-refractivity contribution in [3.05, 3.63) is 35.3 Å². The van der Waals surface area contributed by atoms with E-state index in [1.54, 1.807) is 20.3 Å². The first-order valence-corrected chi connectivity index (χ1v) is 8.34. The molecule has 138 valence electrons. The average molecular weight is 357 g/mol. The molecule has 0 aliphatic carbocycles. The van der Waals surface area contributed by atoms with Crippen LogP contribution in [-0.4, -0.2) is 39.0 Å². The van der Waals surface area contributed by atoms with Crippen LogP contribution in [0.4, 0.5) is 5.88 Å². The van der Waals surface area contributed by atoms with Crippen LogP contribution in [0.15, 0.2) is 22.6 Å². The lowest BCUT2D eigenvalue weighted by molar-refractivity contribution is 0.147. The van der Waals surface area contributed by atoms with Crippen LogP contribution in [-0.2, 0) is 4.74 Å². The highest BCUT2D eigenvalue weighted by Crippen LogP contribution is 2.28. The largest absolute Gasteiger partial charge is 0.493 e. The van der Waals surface area contributed by atoms with Gasteiger partial charge < -0.3 is 23.9 Å². The molecular weight excluding hydrogens is 334 g/mol. The van der Waals surface area contributed by atoms with E-state index in [1.807, 2.05) is 37.3 Å². The molecule has 1 N–H and O–H groups in total. The SMILES string of the molecule is CCOCCCNc1oc(C=Cc2ccc(OC)c(OC)c2)nc1C#N. The molecule has 0 atom stereocenters. The van der Waals surface area contributed by atoms with Gasteiger partial charge in [0.1, 0.15) is 6.07 Å². The van der Waals surface area contributed by atoms with Crippen molar-refractivity contribution in [1.82, 2.24) is 4.98 Å². The number of ether oxygens (including phenoxy) is 3. The van der Waals surface area contributed by atoms with Crippen molar-refractivity contribution in [1.29, 1.82) is 5.26 Å². The number of hydrogen-bond acceptors (Lipinski definition) is 7. The Hall–Kier alpha value is -2.98. The van der Waals surface area contributed by atoms with E-state index < -0.39 is 0 Å². The standard InChI is InChI=1S/C19H23N3O4/c1-4-25-11-5-10-21-19-15(13-20)22-18(26-19)9-7-14-6-8-16(23-2)17(12-14)24-3/h6-9,12,21H,4-5,10-11H2,1-3H3. The number of benzene rings is 1. The van der Waals surface area contributed by atoms with Crippen LogP contribution in [0.1, 0.15) is 30.5 Å². The number of nitrogens with one attached hydrogen (secondary N) is 1. The Labute approximate surface area is 153 Å². The number of methoxy groups -OCH3 is 2. The molecule has 0 aliphatic heterocycles. The summed E-state index contributed by atoms with van der Waals surface area (Å²) < 4.78 is 21.4. The molecular formula is C19H23N3O4. The summed E-state index contributed by atoms with van der Waals surface area (Å²) in [6.45, 7) is 3.94. The fraction of sp³-hybridized carbons (Fsp3) is 0.368. The van der Waals surface area contributed by atoms with Crippen molar-refractivity contribution in [2.75, 3.05) is 39.3 Å². The Bertz CT molecular complexity index is 778. The molecule has 1 aromatic heterocycles. The first kappa shape index (κ1) is 19.3. The maximum absolute atomic E-state index is 9.19. The minimum absolute atomic E-state index is 0.230. The van der Waals surface area contributed by atoms with Gasteiger partial charge in [-0.3, -0.25) is 0 Å². The minimum Gasteiger partial charge on any atom is -0.493 e. The molecule has 0 radical (unpaired) electrons. The van der Waals surface area contributed by atoms with Gasteiger partial charge in [-0.05, 0) is 37.1 Å². The van der Waals surface area contributed by atoms with Crippen molar-refractivity contribution >= 4 is 18.0 Å². The molecule has 0 amide bonds. The van der Waals surface area contributed by atoms with E-state index in [-0.39, 0.29) is 5.69 Å². The predicted octanol–water partition coefficient (Wildman–Crippen LogP) is 3.57. The van der Waals surface area contributed by atoms with Crippen molar-refractivity contribution in [2.24, 2.45) is 0 Å². The summed E-state index contributed by atoms with van der Waals surface area (Å²) in [6.07, 6.45) is 4.34. The van der Waals surface area contributed by atoms with E-state index in [1.165, 1.54) is 0 Å². The third-order valence-electron chi connectivity index (χ3n) is 3.53. The first-order valence-electron chi connectivity index (χ1n) is 8.34. The summed E-state index contributed by atoms with van der Waals surface area (Å²) in [4.78, 5) is 4.17. The highest BCUT2D eigenvalue weighted by molar-refractivity contribution is 5.68. The van der Waals surface area contributed by atoms with Gasteiger partial charge in [0.2, 0.25) is 17.5 Å². The van der Waals surface area contributed by atoms with Gasteiger partial charge in [0.25, 0.3) is 0 Å². The first-order chi connectivity index (χ1) is 12.7. The summed E-state index contributed by atoms with van der Waals surface area (Å²) in [7, 11) is 3.18. The topological polar surface area (TPSA) is 89.5 Å². The summed E-state index contributed by atoms with van der Waals surface area (Å²) >= 11 is 0. The van der Waals surface area contributed by atoms with Crippen LogP contribution in [0, 0.1) is 11.3 Å². The minimum atomic E-state index is 0.230. The Morgan fingerprint density at radius 2 is 2.04 bits per heavy atom. The quantitative estimate of drug-likeness (QED) is 0.650. The zero-order chi connectivity index (χ0) is 18.8. The Kier molecular flexibility index (Phi) is 7.52. The molecule has 0 saturated carbocycles. The molecule has 0 aliphatic rings. The highest BCUT2D eigenvalue weighted by Gasteiger charge is 2.11. The van der Waals surface area contributed by atoms with Gasteiger partial charge in [-0.2, -0.15) is 10.2 Å². The number of aromatic nitrogens is 1. The maximum Gasteiger partial charge on any atom is 0.232 e. The molecule has 0 spiro atoms. The molecule has 0 fully saturated rings. The zero-order valence-electron chi connectivity index (χ0n) is 15.2. The maximum atomic E-state index is 9.19. The summed E-state index contributed by atoms with van der Waals surface area (Å²) in [5.41, 5.74) is 1.12. The van der Waals surface area contributed by atoms with Gasteiger partial charge in [-0.15, -0.1) is 0 Å². The molecule has 2 aromatic rings. The summed E-state index contributed by atoms with van der Waals surface area (Å²) in [5.74, 6) is 2.02. The third kappa shape index (κ3) is 5.26. The monoisotopic (exact) mass is 357 g/mol. The van der Waals surface area contributed by atoms with Crippen molar-refractivity contribution in [3.63, 3.8) is 0 Å². The lowest BCUT2D eigenvalue weighted by atomic mass is 10.2. The van der Waals surface area contributed by atoms with Crippen LogP contribution < -0.4 is 14.8 Å². The lowest BCUT2D eigenvalue weighted by Crippen LogP contribution is -2.05. The van der Waals surface area contributed by atoms with Crippen LogP contribution >= 0.6 is 0 Å². The molecule has 26 heavy (non-hydrogen) atoms. The van der Waals surface area contributed by atoms with Crippen LogP contribution in [0.3, 0.4) is 0 Å². The van der Waals surface area contributed by atoms with Crippen LogP contribution in [0.5, 0.6) is 11.5 Å². The van der Waals surface area contributed by atoms with Gasteiger partial charge >= 0.3 is 0 Å². The lowest BCUT2D eigenvalue weighted by Gasteiger charge is -2.07. The van der Waals surface area contributed by atoms with Crippen LogP contribution in [0.25, 0.3) is 12.2 Å². The smallest absolute Gasteiger partial charge is 0.232 e. The van der Waals surface area contributed by atoms with Gasteiger partial charge in [-0.25, -0.2) is 0 Å². The van der Waals surface area contributed by atoms with E-state index in [0.717, 1.165) is 12.0 Å². The van der Waals surface area contributed by atoms with Gasteiger partial charge in [-0.1, -0.05) is 6.07 Å². The van der Waals surface area contributed by atoms with Gasteiger partial charge in [0, 0.05) is 25.8 Å². The molecule has 0 unspecified atom stereocenters. The second kappa shape index (κ2) is 10.1. The van der Waals surface area contributed by atoms with Crippen molar-refractivity contribution < 1.29 is 18.6 Å². The second-order valence-corrected chi connectivity index (χ2v) is 5.27. The van der Waals surface area contributed by atoms with E-state index in [4.69, 9.17) is 18.6 Å². The van der Waals surface area contributed by atoms with E-state index in [9.17, 15) is 5.26 Å². The molecule has 0 saturated heterocycles. The van der Waals surface area contributed by atoms with E-state index in [2.05, 4.69) is 10.3 Å². The van der Waals surface area contributed by atoms with Gasteiger partial charge in [0.05, 0.1) is 14.2 Å². The normalized spacial score (nSPS) is 10.7. The Morgan fingerprint density at radius 1 is 1.23 bits per heavy atom. The molecule has 0 bridgehead atoms. The summed E-state index contributed by atoms with van der Waals surface area (Å²) in [5, 5.41) is 12.3. The summed E-state index contributed by atoms with van der Waals surface area (Å²) in [6, 6.07) is 7.58.